The summed E-state index contributed by atoms with van der Waals surface area (Å²) in [5, 5.41) is 1.10. The van der Waals surface area contributed by atoms with Crippen LogP contribution in [0.4, 0.5) is 0 Å². The smallest absolute Gasteiger partial charge is 0.222 e. The molecule has 1 aromatic heterocycles. The van der Waals surface area contributed by atoms with E-state index >= 15 is 0 Å². The third-order valence-corrected chi connectivity index (χ3v) is 4.36. The second-order valence-corrected chi connectivity index (χ2v) is 6.38. The predicted octanol–water partition coefficient (Wildman–Crippen LogP) is 4.19. The Morgan fingerprint density at radius 1 is 1.04 bits per heavy atom. The normalized spacial score (nSPS) is 10.8. The Hall–Kier alpha value is -2.72. The second kappa shape index (κ2) is 9.11. The van der Waals surface area contributed by atoms with Crippen molar-refractivity contribution in [1.82, 2.24) is 9.88 Å². The van der Waals surface area contributed by atoms with Crippen LogP contribution in [0.25, 0.3) is 10.9 Å². The molecule has 2 aromatic carbocycles. The molecule has 4 nitrogen and oxygen atoms in total. The first-order valence-electron chi connectivity index (χ1n) is 8.92. The highest BCUT2D eigenvalue weighted by Gasteiger charge is 2.11. The van der Waals surface area contributed by atoms with Crippen LogP contribution in [0.15, 0.2) is 66.9 Å². The Kier molecular flexibility index (Phi) is 6.34. The summed E-state index contributed by atoms with van der Waals surface area (Å²) in [5.41, 5.74) is 3.23. The summed E-state index contributed by atoms with van der Waals surface area (Å²) >= 11 is 0. The van der Waals surface area contributed by atoms with Gasteiger partial charge in [0.2, 0.25) is 5.91 Å². The topological polar surface area (TPSA) is 42.4 Å². The summed E-state index contributed by atoms with van der Waals surface area (Å²) in [6, 6.07) is 20.1. The molecule has 26 heavy (non-hydrogen) atoms. The predicted molar refractivity (Wildman–Crippen MR) is 104 cm³/mol. The average molecular weight is 348 g/mol. The van der Waals surface area contributed by atoms with E-state index in [1.54, 1.807) is 11.1 Å². The summed E-state index contributed by atoms with van der Waals surface area (Å²) in [6.07, 6.45) is 3.01. The number of carbonyl (C=O) groups excluding carboxylic acids is 1. The van der Waals surface area contributed by atoms with Gasteiger partial charge in [-0.05, 0) is 29.7 Å². The number of fused-ring (bicyclic) bond motifs is 1. The van der Waals surface area contributed by atoms with Crippen LogP contribution in [0, 0.1) is 0 Å². The fraction of sp³-hybridized carbons (Fsp3) is 0.273. The maximum atomic E-state index is 12.4. The molecule has 0 atom stereocenters. The number of pyridine rings is 1. The minimum absolute atomic E-state index is 0.134. The molecule has 0 N–H and O–H groups in total. The van der Waals surface area contributed by atoms with Crippen molar-refractivity contribution in [3.63, 3.8) is 0 Å². The molecule has 0 unspecified atom stereocenters. The van der Waals surface area contributed by atoms with Gasteiger partial charge in [-0.25, -0.2) is 0 Å². The van der Waals surface area contributed by atoms with Crippen molar-refractivity contribution in [3.05, 3.63) is 78.0 Å². The van der Waals surface area contributed by atoms with Crippen LogP contribution < -0.4 is 0 Å². The highest BCUT2D eigenvalue weighted by Crippen LogP contribution is 2.18. The fourth-order valence-electron chi connectivity index (χ4n) is 2.93. The molecule has 0 bridgehead atoms. The summed E-state index contributed by atoms with van der Waals surface area (Å²) in [5.74, 6) is 0.134. The van der Waals surface area contributed by atoms with E-state index in [1.165, 1.54) is 0 Å². The molecule has 0 aliphatic rings. The lowest BCUT2D eigenvalue weighted by atomic mass is 10.1. The van der Waals surface area contributed by atoms with Crippen molar-refractivity contribution in [1.29, 1.82) is 0 Å². The molecule has 0 fully saturated rings. The maximum absolute atomic E-state index is 12.4. The first-order valence-corrected chi connectivity index (χ1v) is 8.92. The molecule has 134 valence electrons. The third-order valence-electron chi connectivity index (χ3n) is 4.36. The number of aromatic nitrogens is 1. The first-order chi connectivity index (χ1) is 12.7. The number of ether oxygens (including phenoxy) is 1. The standard InChI is InChI=1S/C22H24N2O2/c1-24(16-19-10-5-12-21-20(19)11-6-14-23-21)22(25)13-7-15-26-17-18-8-3-2-4-9-18/h2-6,8-12,14H,7,13,15-17H2,1H3. The summed E-state index contributed by atoms with van der Waals surface area (Å²) in [6.45, 7) is 1.77. The molecule has 4 heteroatoms. The molecule has 0 radical (unpaired) electrons. The highest BCUT2D eigenvalue weighted by molar-refractivity contribution is 5.83. The number of nitrogens with zero attached hydrogens (tertiary/aromatic N) is 2. The van der Waals surface area contributed by atoms with E-state index < -0.39 is 0 Å². The molecular weight excluding hydrogens is 324 g/mol. The molecule has 3 aromatic rings. The number of hydrogen-bond acceptors (Lipinski definition) is 3. The van der Waals surface area contributed by atoms with Crippen molar-refractivity contribution < 1.29 is 9.53 Å². The van der Waals surface area contributed by atoms with Crippen molar-refractivity contribution in [3.8, 4) is 0 Å². The molecular formula is C22H24N2O2. The summed E-state index contributed by atoms with van der Waals surface area (Å²) < 4.78 is 5.65. The highest BCUT2D eigenvalue weighted by atomic mass is 16.5. The van der Waals surface area contributed by atoms with E-state index in [2.05, 4.69) is 11.1 Å². The van der Waals surface area contributed by atoms with Gasteiger partial charge in [0.1, 0.15) is 0 Å². The van der Waals surface area contributed by atoms with Gasteiger partial charge < -0.3 is 9.64 Å². The largest absolute Gasteiger partial charge is 0.377 e. The zero-order valence-electron chi connectivity index (χ0n) is 15.1. The lowest BCUT2D eigenvalue weighted by Crippen LogP contribution is -2.26. The number of hydrogen-bond donors (Lipinski definition) is 0. The van der Waals surface area contributed by atoms with Crippen LogP contribution in [0.5, 0.6) is 0 Å². The van der Waals surface area contributed by atoms with Gasteiger partial charge in [-0.2, -0.15) is 0 Å². The maximum Gasteiger partial charge on any atom is 0.222 e. The average Bonchev–Trinajstić information content (AvgIpc) is 2.68. The Bertz CT molecular complexity index is 844. The minimum atomic E-state index is 0.134. The van der Waals surface area contributed by atoms with E-state index in [-0.39, 0.29) is 5.91 Å². The number of amides is 1. The van der Waals surface area contributed by atoms with E-state index in [1.807, 2.05) is 61.6 Å². The van der Waals surface area contributed by atoms with E-state index in [9.17, 15) is 4.79 Å². The first kappa shape index (κ1) is 18.1. The van der Waals surface area contributed by atoms with Crippen molar-refractivity contribution >= 4 is 16.8 Å². The second-order valence-electron chi connectivity index (χ2n) is 6.38. The van der Waals surface area contributed by atoms with Crippen LogP contribution >= 0.6 is 0 Å². The zero-order valence-corrected chi connectivity index (χ0v) is 15.1. The number of carbonyl (C=O) groups is 1. The number of rotatable bonds is 8. The van der Waals surface area contributed by atoms with Gasteiger partial charge in [0.05, 0.1) is 12.1 Å². The molecule has 0 saturated heterocycles. The van der Waals surface area contributed by atoms with E-state index in [4.69, 9.17) is 4.74 Å². The van der Waals surface area contributed by atoms with Gasteiger partial charge in [0, 0.05) is 38.2 Å². The van der Waals surface area contributed by atoms with Crippen LogP contribution in [0.1, 0.15) is 24.0 Å². The quantitative estimate of drug-likeness (QED) is 0.573. The van der Waals surface area contributed by atoms with Gasteiger partial charge in [-0.3, -0.25) is 9.78 Å². The summed E-state index contributed by atoms with van der Waals surface area (Å²) in [4.78, 5) is 18.5. The molecule has 3 rings (SSSR count). The van der Waals surface area contributed by atoms with Gasteiger partial charge in [0.25, 0.3) is 0 Å². The lowest BCUT2D eigenvalue weighted by Gasteiger charge is -2.18. The molecule has 1 heterocycles. The lowest BCUT2D eigenvalue weighted by molar-refractivity contribution is -0.130. The van der Waals surface area contributed by atoms with Gasteiger partial charge in [0.15, 0.2) is 0 Å². The Morgan fingerprint density at radius 2 is 1.88 bits per heavy atom. The molecule has 1 amide bonds. The van der Waals surface area contributed by atoms with Gasteiger partial charge in [-0.1, -0.05) is 48.5 Å². The van der Waals surface area contributed by atoms with Gasteiger partial charge in [-0.15, -0.1) is 0 Å². The Morgan fingerprint density at radius 3 is 2.73 bits per heavy atom. The van der Waals surface area contributed by atoms with Crippen LogP contribution in [-0.4, -0.2) is 29.4 Å². The van der Waals surface area contributed by atoms with E-state index in [0.29, 0.717) is 26.2 Å². The monoisotopic (exact) mass is 348 g/mol. The van der Waals surface area contributed by atoms with Crippen molar-refractivity contribution in [2.24, 2.45) is 0 Å². The van der Waals surface area contributed by atoms with Crippen LogP contribution in [0.3, 0.4) is 0 Å². The summed E-state index contributed by atoms with van der Waals surface area (Å²) in [7, 11) is 1.85. The SMILES string of the molecule is CN(Cc1cccc2ncccc12)C(=O)CCCOCc1ccccc1. The number of benzene rings is 2. The fourth-order valence-corrected chi connectivity index (χ4v) is 2.93. The van der Waals surface area contributed by atoms with Crippen LogP contribution in [0.2, 0.25) is 0 Å². The van der Waals surface area contributed by atoms with E-state index in [0.717, 1.165) is 28.5 Å². The Labute approximate surface area is 154 Å². The van der Waals surface area contributed by atoms with Gasteiger partial charge >= 0.3 is 0 Å². The van der Waals surface area contributed by atoms with Crippen molar-refractivity contribution in [2.45, 2.75) is 26.0 Å². The molecule has 0 saturated carbocycles. The van der Waals surface area contributed by atoms with Crippen molar-refractivity contribution in [2.75, 3.05) is 13.7 Å². The molecule has 0 aliphatic heterocycles. The third kappa shape index (κ3) is 4.90. The minimum Gasteiger partial charge on any atom is -0.377 e. The zero-order chi connectivity index (χ0) is 18.2. The molecule has 0 spiro atoms. The molecule has 0 aliphatic carbocycles. The Balaban J connectivity index is 1.44. The van der Waals surface area contributed by atoms with Crippen LogP contribution in [-0.2, 0) is 22.7 Å².